The lowest BCUT2D eigenvalue weighted by atomic mass is 9.66. The fourth-order valence-corrected chi connectivity index (χ4v) is 4.74. The molecule has 1 unspecified atom stereocenters. The van der Waals surface area contributed by atoms with E-state index in [0.29, 0.717) is 48.3 Å². The molecular weight excluding hydrogens is 352 g/mol. The number of ether oxygens (including phenoxy) is 1. The highest BCUT2D eigenvalue weighted by Gasteiger charge is 2.47. The Kier molecular flexibility index (Phi) is 4.11. The molecule has 0 amide bonds. The average molecular weight is 380 g/mol. The van der Waals surface area contributed by atoms with Crippen LogP contribution in [0.4, 0.5) is 0 Å². The number of rotatable bonds is 1. The van der Waals surface area contributed by atoms with Crippen molar-refractivity contribution in [3.8, 4) is 5.75 Å². The summed E-state index contributed by atoms with van der Waals surface area (Å²) in [5, 5.41) is 11.1. The van der Waals surface area contributed by atoms with Crippen LogP contribution in [-0.4, -0.2) is 16.7 Å². The number of aliphatic hydroxyl groups is 1. The molecule has 1 heterocycles. The summed E-state index contributed by atoms with van der Waals surface area (Å²) >= 11 is 0. The second-order valence-electron chi connectivity index (χ2n) is 9.92. The SMILES string of the molecule is Cc1ccc2c(c1)C(C1=C(O)C(C)(C)CCC1=O)C1=C(CC(C)(C)CC1=O)O2. The van der Waals surface area contributed by atoms with Crippen molar-refractivity contribution in [3.05, 3.63) is 52.0 Å². The van der Waals surface area contributed by atoms with Gasteiger partial charge >= 0.3 is 0 Å². The minimum Gasteiger partial charge on any atom is -0.511 e. The fourth-order valence-electron chi connectivity index (χ4n) is 4.74. The summed E-state index contributed by atoms with van der Waals surface area (Å²) in [4.78, 5) is 26.2. The van der Waals surface area contributed by atoms with E-state index >= 15 is 0 Å². The van der Waals surface area contributed by atoms with Gasteiger partial charge in [-0.15, -0.1) is 0 Å². The zero-order valence-corrected chi connectivity index (χ0v) is 17.3. The first-order valence-electron chi connectivity index (χ1n) is 10.0. The van der Waals surface area contributed by atoms with E-state index in [-0.39, 0.29) is 22.7 Å². The number of carbonyl (C=O) groups excluding carboxylic acids is 2. The number of allylic oxidation sites excluding steroid dienone is 4. The van der Waals surface area contributed by atoms with Crippen molar-refractivity contribution < 1.29 is 19.4 Å². The molecule has 1 atom stereocenters. The largest absolute Gasteiger partial charge is 0.511 e. The molecule has 4 rings (SSSR count). The predicted molar refractivity (Wildman–Crippen MR) is 107 cm³/mol. The molecule has 2 aliphatic carbocycles. The van der Waals surface area contributed by atoms with Crippen LogP contribution in [0.3, 0.4) is 0 Å². The van der Waals surface area contributed by atoms with Crippen molar-refractivity contribution in [2.75, 3.05) is 0 Å². The lowest BCUT2D eigenvalue weighted by Crippen LogP contribution is -2.36. The number of hydrogen-bond acceptors (Lipinski definition) is 4. The average Bonchev–Trinajstić information content (AvgIpc) is 2.57. The summed E-state index contributed by atoms with van der Waals surface area (Å²) < 4.78 is 6.18. The Morgan fingerprint density at radius 3 is 2.46 bits per heavy atom. The van der Waals surface area contributed by atoms with Gasteiger partial charge in [0.05, 0.1) is 5.92 Å². The Bertz CT molecular complexity index is 959. The molecule has 0 bridgehead atoms. The summed E-state index contributed by atoms with van der Waals surface area (Å²) in [6.07, 6.45) is 2.05. The molecule has 0 aromatic heterocycles. The normalized spacial score (nSPS) is 26.0. The van der Waals surface area contributed by atoms with E-state index in [2.05, 4.69) is 13.8 Å². The maximum Gasteiger partial charge on any atom is 0.163 e. The highest BCUT2D eigenvalue weighted by molar-refractivity contribution is 6.06. The van der Waals surface area contributed by atoms with Gasteiger partial charge in [0.15, 0.2) is 11.6 Å². The Morgan fingerprint density at radius 2 is 1.75 bits per heavy atom. The molecule has 1 N–H and O–H groups in total. The third-order valence-electron chi connectivity index (χ3n) is 6.34. The van der Waals surface area contributed by atoms with E-state index in [4.69, 9.17) is 4.74 Å². The minimum absolute atomic E-state index is 0.0138. The lowest BCUT2D eigenvalue weighted by molar-refractivity contribution is -0.119. The molecule has 0 spiro atoms. The van der Waals surface area contributed by atoms with Crippen molar-refractivity contribution in [2.45, 2.75) is 66.2 Å². The highest BCUT2D eigenvalue weighted by atomic mass is 16.5. The Labute approximate surface area is 166 Å². The maximum absolute atomic E-state index is 13.2. The molecule has 0 radical (unpaired) electrons. The molecule has 4 heteroatoms. The van der Waals surface area contributed by atoms with Crippen LogP contribution in [0, 0.1) is 17.8 Å². The molecular formula is C24H28O4. The van der Waals surface area contributed by atoms with Gasteiger partial charge in [-0.25, -0.2) is 0 Å². The number of aliphatic hydroxyl groups excluding tert-OH is 1. The molecule has 4 nitrogen and oxygen atoms in total. The van der Waals surface area contributed by atoms with E-state index in [1.54, 1.807) is 0 Å². The highest BCUT2D eigenvalue weighted by Crippen LogP contribution is 2.53. The standard InChI is InChI=1S/C24H28O4/c1-13-6-7-17-14(10-13)19(21-15(25)8-9-24(4,5)22(21)27)20-16(26)11-23(2,3)12-18(20)28-17/h6-7,10,19,27H,8-9,11-12H2,1-5H3. The van der Waals surface area contributed by atoms with Crippen LogP contribution in [0.15, 0.2) is 40.9 Å². The molecule has 3 aliphatic rings. The summed E-state index contributed by atoms with van der Waals surface area (Å²) in [7, 11) is 0. The van der Waals surface area contributed by atoms with Crippen LogP contribution in [0.25, 0.3) is 0 Å². The first kappa shape index (κ1) is 19.0. The Balaban J connectivity index is 2.00. The van der Waals surface area contributed by atoms with Gasteiger partial charge in [0, 0.05) is 41.4 Å². The molecule has 28 heavy (non-hydrogen) atoms. The summed E-state index contributed by atoms with van der Waals surface area (Å²) in [6.45, 7) is 10.00. The second kappa shape index (κ2) is 6.07. The van der Waals surface area contributed by atoms with E-state index < -0.39 is 11.3 Å². The maximum atomic E-state index is 13.2. The first-order chi connectivity index (χ1) is 13.0. The van der Waals surface area contributed by atoms with Gasteiger partial charge in [-0.2, -0.15) is 0 Å². The molecule has 1 aromatic carbocycles. The molecule has 0 saturated carbocycles. The molecule has 0 fully saturated rings. The van der Waals surface area contributed by atoms with Crippen LogP contribution < -0.4 is 4.74 Å². The third-order valence-corrected chi connectivity index (χ3v) is 6.34. The summed E-state index contributed by atoms with van der Waals surface area (Å²) in [6, 6.07) is 5.85. The number of hydrogen-bond donors (Lipinski definition) is 1. The summed E-state index contributed by atoms with van der Waals surface area (Å²) in [5.74, 6) is 0.845. The minimum atomic E-state index is -0.547. The van der Waals surface area contributed by atoms with E-state index in [9.17, 15) is 14.7 Å². The van der Waals surface area contributed by atoms with Crippen LogP contribution in [0.1, 0.15) is 70.4 Å². The van der Waals surface area contributed by atoms with Gasteiger partial charge < -0.3 is 9.84 Å². The van der Waals surface area contributed by atoms with Gasteiger partial charge in [0.2, 0.25) is 0 Å². The van der Waals surface area contributed by atoms with Crippen molar-refractivity contribution in [2.24, 2.45) is 10.8 Å². The van der Waals surface area contributed by atoms with Gasteiger partial charge in [-0.05, 0) is 24.8 Å². The van der Waals surface area contributed by atoms with E-state index in [1.807, 2.05) is 39.0 Å². The summed E-state index contributed by atoms with van der Waals surface area (Å²) in [5.41, 5.74) is 2.11. The second-order valence-corrected chi connectivity index (χ2v) is 9.92. The van der Waals surface area contributed by atoms with Crippen molar-refractivity contribution >= 4 is 11.6 Å². The van der Waals surface area contributed by atoms with Crippen LogP contribution in [0.5, 0.6) is 5.75 Å². The zero-order valence-electron chi connectivity index (χ0n) is 17.3. The molecule has 1 aromatic rings. The van der Waals surface area contributed by atoms with Gasteiger partial charge in [-0.1, -0.05) is 45.4 Å². The molecule has 0 saturated heterocycles. The fraction of sp³-hybridized carbons (Fsp3) is 0.500. The molecule has 1 aliphatic heterocycles. The molecule has 148 valence electrons. The van der Waals surface area contributed by atoms with E-state index in [0.717, 1.165) is 11.1 Å². The lowest BCUT2D eigenvalue weighted by Gasteiger charge is -2.41. The number of benzene rings is 1. The van der Waals surface area contributed by atoms with Crippen LogP contribution in [0.2, 0.25) is 0 Å². The Hall–Kier alpha value is -2.36. The van der Waals surface area contributed by atoms with Crippen molar-refractivity contribution in [1.29, 1.82) is 0 Å². The Morgan fingerprint density at radius 1 is 1.04 bits per heavy atom. The van der Waals surface area contributed by atoms with Crippen LogP contribution >= 0.6 is 0 Å². The number of Topliss-reactive ketones (excluding diaryl/α,β-unsaturated/α-hetero) is 2. The van der Waals surface area contributed by atoms with Gasteiger partial charge in [0.25, 0.3) is 0 Å². The number of fused-ring (bicyclic) bond motifs is 1. The van der Waals surface area contributed by atoms with Crippen LogP contribution in [-0.2, 0) is 9.59 Å². The van der Waals surface area contributed by atoms with E-state index in [1.165, 1.54) is 0 Å². The van der Waals surface area contributed by atoms with Crippen molar-refractivity contribution in [1.82, 2.24) is 0 Å². The topological polar surface area (TPSA) is 63.6 Å². The zero-order chi connectivity index (χ0) is 20.4. The van der Waals surface area contributed by atoms with Gasteiger partial charge in [0.1, 0.15) is 17.3 Å². The number of carbonyl (C=O) groups is 2. The number of ketones is 2. The number of aryl methyl sites for hydroxylation is 1. The van der Waals surface area contributed by atoms with Crippen molar-refractivity contribution in [3.63, 3.8) is 0 Å². The first-order valence-corrected chi connectivity index (χ1v) is 10.0. The third kappa shape index (κ3) is 2.90. The van der Waals surface area contributed by atoms with Gasteiger partial charge in [-0.3, -0.25) is 9.59 Å². The smallest absolute Gasteiger partial charge is 0.163 e. The predicted octanol–water partition coefficient (Wildman–Crippen LogP) is 5.32. The monoisotopic (exact) mass is 380 g/mol. The quantitative estimate of drug-likeness (QED) is 0.716.